The van der Waals surface area contributed by atoms with Crippen LogP contribution < -0.4 is 10.1 Å². The monoisotopic (exact) mass is 240 g/mol. The number of nitrogens with zero attached hydrogens (tertiary/aromatic N) is 3. The summed E-state index contributed by atoms with van der Waals surface area (Å²) in [7, 11) is 1.63. The molecule has 2 aromatic rings. The molecule has 0 bridgehead atoms. The van der Waals surface area contributed by atoms with Gasteiger partial charge < -0.3 is 10.1 Å². The highest BCUT2D eigenvalue weighted by molar-refractivity contribution is 5.60. The number of nitriles is 1. The topological polar surface area (TPSA) is 70.8 Å². The first-order valence-electron chi connectivity index (χ1n) is 5.42. The standard InChI is InChI=1S/C13H12N4O/c1-18-11-4-2-10(3-5-11)12-6-7-13(17-16-12)15-9-8-14/h2-7H,9H2,1H3,(H,15,17). The van der Waals surface area contributed by atoms with Gasteiger partial charge in [-0.3, -0.25) is 0 Å². The highest BCUT2D eigenvalue weighted by Crippen LogP contribution is 2.20. The summed E-state index contributed by atoms with van der Waals surface area (Å²) in [5.41, 5.74) is 1.75. The quantitative estimate of drug-likeness (QED) is 0.828. The summed E-state index contributed by atoms with van der Waals surface area (Å²) in [4.78, 5) is 0. The molecule has 0 saturated carbocycles. The predicted molar refractivity (Wildman–Crippen MR) is 68.1 cm³/mol. The summed E-state index contributed by atoms with van der Waals surface area (Å²) < 4.78 is 5.09. The van der Waals surface area contributed by atoms with Gasteiger partial charge in [0.05, 0.1) is 18.9 Å². The molecule has 0 aliphatic rings. The van der Waals surface area contributed by atoms with Crippen molar-refractivity contribution in [2.75, 3.05) is 19.0 Å². The summed E-state index contributed by atoms with van der Waals surface area (Å²) in [6.45, 7) is 0.219. The van der Waals surface area contributed by atoms with Crippen molar-refractivity contribution in [1.29, 1.82) is 5.26 Å². The molecule has 2 rings (SSSR count). The molecule has 0 aliphatic carbocycles. The van der Waals surface area contributed by atoms with Gasteiger partial charge in [0.25, 0.3) is 0 Å². The van der Waals surface area contributed by atoms with Gasteiger partial charge in [-0.15, -0.1) is 10.2 Å². The average molecular weight is 240 g/mol. The Morgan fingerprint density at radius 3 is 2.50 bits per heavy atom. The third kappa shape index (κ3) is 2.74. The Morgan fingerprint density at radius 1 is 1.17 bits per heavy atom. The van der Waals surface area contributed by atoms with Crippen LogP contribution in [0.5, 0.6) is 5.75 Å². The SMILES string of the molecule is COc1ccc(-c2ccc(NCC#N)nn2)cc1. The molecular formula is C13H12N4O. The summed E-state index contributed by atoms with van der Waals surface area (Å²) in [6.07, 6.45) is 0. The molecule has 1 heterocycles. The largest absolute Gasteiger partial charge is 0.497 e. The third-order valence-electron chi connectivity index (χ3n) is 2.40. The van der Waals surface area contributed by atoms with Crippen LogP contribution >= 0.6 is 0 Å². The Bertz CT molecular complexity index is 543. The Kier molecular flexibility index (Phi) is 3.72. The molecule has 1 N–H and O–H groups in total. The van der Waals surface area contributed by atoms with Gasteiger partial charge in [-0.05, 0) is 36.4 Å². The smallest absolute Gasteiger partial charge is 0.149 e. The molecule has 1 aromatic carbocycles. The second-order valence-corrected chi connectivity index (χ2v) is 3.54. The zero-order chi connectivity index (χ0) is 12.8. The van der Waals surface area contributed by atoms with Crippen molar-refractivity contribution >= 4 is 5.82 Å². The second-order valence-electron chi connectivity index (χ2n) is 3.54. The first kappa shape index (κ1) is 11.9. The summed E-state index contributed by atoms with van der Waals surface area (Å²) in [5.74, 6) is 1.40. The van der Waals surface area contributed by atoms with Crippen molar-refractivity contribution in [3.8, 4) is 23.1 Å². The van der Waals surface area contributed by atoms with Crippen LogP contribution in [-0.4, -0.2) is 23.9 Å². The number of aromatic nitrogens is 2. The second kappa shape index (κ2) is 5.64. The summed E-state index contributed by atoms with van der Waals surface area (Å²) in [5, 5.41) is 19.4. The number of benzene rings is 1. The molecule has 0 amide bonds. The Morgan fingerprint density at radius 2 is 1.94 bits per heavy atom. The van der Waals surface area contributed by atoms with Crippen molar-refractivity contribution in [3.05, 3.63) is 36.4 Å². The number of hydrogen-bond donors (Lipinski definition) is 1. The fourth-order valence-electron chi connectivity index (χ4n) is 1.47. The minimum absolute atomic E-state index is 0.219. The Balaban J connectivity index is 2.15. The van der Waals surface area contributed by atoms with E-state index < -0.39 is 0 Å². The summed E-state index contributed by atoms with van der Waals surface area (Å²) >= 11 is 0. The molecule has 5 nitrogen and oxygen atoms in total. The van der Waals surface area contributed by atoms with Crippen LogP contribution in [0.15, 0.2) is 36.4 Å². The minimum Gasteiger partial charge on any atom is -0.497 e. The summed E-state index contributed by atoms with van der Waals surface area (Å²) in [6, 6.07) is 13.2. The Labute approximate surface area is 105 Å². The van der Waals surface area contributed by atoms with E-state index >= 15 is 0 Å². The zero-order valence-electron chi connectivity index (χ0n) is 9.92. The van der Waals surface area contributed by atoms with Crippen molar-refractivity contribution in [2.24, 2.45) is 0 Å². The number of methoxy groups -OCH3 is 1. The molecule has 0 aliphatic heterocycles. The van der Waals surface area contributed by atoms with Crippen LogP contribution in [0.25, 0.3) is 11.3 Å². The van der Waals surface area contributed by atoms with Crippen LogP contribution in [0.1, 0.15) is 0 Å². The van der Waals surface area contributed by atoms with Crippen molar-refractivity contribution in [1.82, 2.24) is 10.2 Å². The number of nitrogens with one attached hydrogen (secondary N) is 1. The number of ether oxygens (including phenoxy) is 1. The fraction of sp³-hybridized carbons (Fsp3) is 0.154. The molecule has 18 heavy (non-hydrogen) atoms. The van der Waals surface area contributed by atoms with Gasteiger partial charge >= 0.3 is 0 Å². The van der Waals surface area contributed by atoms with Gasteiger partial charge in [0.15, 0.2) is 0 Å². The lowest BCUT2D eigenvalue weighted by molar-refractivity contribution is 0.415. The van der Waals surface area contributed by atoms with Crippen LogP contribution in [-0.2, 0) is 0 Å². The fourth-order valence-corrected chi connectivity index (χ4v) is 1.47. The molecule has 1 aromatic heterocycles. The van der Waals surface area contributed by atoms with E-state index in [1.807, 2.05) is 36.4 Å². The Hall–Kier alpha value is -2.61. The lowest BCUT2D eigenvalue weighted by Gasteiger charge is -2.04. The van der Waals surface area contributed by atoms with Gasteiger partial charge in [-0.1, -0.05) is 0 Å². The van der Waals surface area contributed by atoms with Gasteiger partial charge in [0.2, 0.25) is 0 Å². The van der Waals surface area contributed by atoms with Gasteiger partial charge in [0, 0.05) is 5.56 Å². The number of hydrogen-bond acceptors (Lipinski definition) is 5. The maximum absolute atomic E-state index is 8.44. The van der Waals surface area contributed by atoms with Crippen molar-refractivity contribution in [2.45, 2.75) is 0 Å². The maximum Gasteiger partial charge on any atom is 0.149 e. The third-order valence-corrected chi connectivity index (χ3v) is 2.40. The molecule has 0 spiro atoms. The van der Waals surface area contributed by atoms with Gasteiger partial charge in [-0.2, -0.15) is 5.26 Å². The molecule has 0 atom stereocenters. The van der Waals surface area contributed by atoms with E-state index in [9.17, 15) is 0 Å². The predicted octanol–water partition coefficient (Wildman–Crippen LogP) is 2.09. The van der Waals surface area contributed by atoms with Crippen LogP contribution in [0.4, 0.5) is 5.82 Å². The molecule has 5 heteroatoms. The molecule has 0 fully saturated rings. The van der Waals surface area contributed by atoms with E-state index in [1.165, 1.54) is 0 Å². The molecular weight excluding hydrogens is 228 g/mol. The van der Waals surface area contributed by atoms with E-state index in [-0.39, 0.29) is 6.54 Å². The van der Waals surface area contributed by atoms with Crippen molar-refractivity contribution in [3.63, 3.8) is 0 Å². The molecule has 0 saturated heterocycles. The highest BCUT2D eigenvalue weighted by atomic mass is 16.5. The normalized spacial score (nSPS) is 9.56. The first-order valence-corrected chi connectivity index (χ1v) is 5.42. The average Bonchev–Trinajstić information content (AvgIpc) is 2.46. The van der Waals surface area contributed by atoms with Crippen LogP contribution in [0.3, 0.4) is 0 Å². The van der Waals surface area contributed by atoms with Crippen LogP contribution in [0, 0.1) is 11.3 Å². The van der Waals surface area contributed by atoms with Crippen molar-refractivity contribution < 1.29 is 4.74 Å². The van der Waals surface area contributed by atoms with Gasteiger partial charge in [0.1, 0.15) is 18.1 Å². The maximum atomic E-state index is 8.44. The lowest BCUT2D eigenvalue weighted by atomic mass is 10.1. The molecule has 90 valence electrons. The van der Waals surface area contributed by atoms with E-state index in [1.54, 1.807) is 13.2 Å². The molecule has 0 unspecified atom stereocenters. The number of anilines is 1. The molecule has 0 radical (unpaired) electrons. The minimum atomic E-state index is 0.219. The first-order chi connectivity index (χ1) is 8.83. The van der Waals surface area contributed by atoms with Gasteiger partial charge in [-0.25, -0.2) is 0 Å². The van der Waals surface area contributed by atoms with Crippen LogP contribution in [0.2, 0.25) is 0 Å². The number of rotatable bonds is 4. The van der Waals surface area contributed by atoms with E-state index in [0.717, 1.165) is 17.0 Å². The van der Waals surface area contributed by atoms with E-state index in [4.69, 9.17) is 10.00 Å². The zero-order valence-corrected chi connectivity index (χ0v) is 9.92. The highest BCUT2D eigenvalue weighted by Gasteiger charge is 2.01. The lowest BCUT2D eigenvalue weighted by Crippen LogP contribution is -2.01. The van der Waals surface area contributed by atoms with E-state index in [2.05, 4.69) is 15.5 Å². The van der Waals surface area contributed by atoms with E-state index in [0.29, 0.717) is 5.82 Å².